The van der Waals surface area contributed by atoms with Crippen LogP contribution in [0.15, 0.2) is 51.9 Å². The highest BCUT2D eigenvalue weighted by atomic mass is 16.5. The van der Waals surface area contributed by atoms with Gasteiger partial charge in [-0.25, -0.2) is 0 Å². The number of aryl methyl sites for hydroxylation is 2. The highest BCUT2D eigenvalue weighted by Gasteiger charge is 2.30. The Morgan fingerprint density at radius 3 is 2.84 bits per heavy atom. The molecule has 0 bridgehead atoms. The lowest BCUT2D eigenvalue weighted by molar-refractivity contribution is -0.139. The van der Waals surface area contributed by atoms with Crippen molar-refractivity contribution in [2.45, 2.75) is 26.4 Å². The van der Waals surface area contributed by atoms with Crippen LogP contribution in [0.2, 0.25) is 0 Å². The van der Waals surface area contributed by atoms with Crippen molar-refractivity contribution in [3.8, 4) is 11.4 Å². The molecule has 0 aliphatic carbocycles. The fourth-order valence-corrected chi connectivity index (χ4v) is 3.76. The van der Waals surface area contributed by atoms with Gasteiger partial charge < -0.3 is 18.6 Å². The number of rotatable bonds is 4. The molecule has 0 N–H and O–H groups in total. The molecule has 0 unspecified atom stereocenters. The summed E-state index contributed by atoms with van der Waals surface area (Å²) in [5.41, 5.74) is 4.85. The molecule has 1 atom stereocenters. The molecular weight excluding hydrogens is 396 g/mol. The number of carbonyl (C=O) groups excluding carboxylic acids is 1. The first-order chi connectivity index (χ1) is 15.1. The number of carbonyl (C=O) groups is 1. The van der Waals surface area contributed by atoms with Crippen LogP contribution >= 0.6 is 0 Å². The fourth-order valence-electron chi connectivity index (χ4n) is 3.76. The van der Waals surface area contributed by atoms with Crippen molar-refractivity contribution in [3.05, 3.63) is 65.5 Å². The van der Waals surface area contributed by atoms with Crippen LogP contribution in [0.25, 0.3) is 22.4 Å². The molecule has 1 fully saturated rings. The van der Waals surface area contributed by atoms with Gasteiger partial charge >= 0.3 is 0 Å². The summed E-state index contributed by atoms with van der Waals surface area (Å²) >= 11 is 0. The van der Waals surface area contributed by atoms with Gasteiger partial charge in [-0.1, -0.05) is 5.16 Å². The van der Waals surface area contributed by atoms with Crippen molar-refractivity contribution < 1.29 is 18.5 Å². The molecule has 0 radical (unpaired) electrons. The van der Waals surface area contributed by atoms with Gasteiger partial charge in [0.05, 0.1) is 25.8 Å². The SMILES string of the molecule is Cc1cc2occ(CC(=O)N3CCO[C@H](c4nc(-c5ccncc5)no4)C3)c2cc1C. The van der Waals surface area contributed by atoms with Crippen LogP contribution in [0.4, 0.5) is 0 Å². The third kappa shape index (κ3) is 3.82. The van der Waals surface area contributed by atoms with Crippen LogP contribution in [0.1, 0.15) is 28.7 Å². The fraction of sp³-hybridized carbons (Fsp3) is 0.304. The van der Waals surface area contributed by atoms with Crippen molar-refractivity contribution >= 4 is 16.9 Å². The number of hydrogen-bond acceptors (Lipinski definition) is 7. The minimum atomic E-state index is -0.452. The molecule has 1 aromatic carbocycles. The van der Waals surface area contributed by atoms with E-state index in [1.165, 1.54) is 11.1 Å². The zero-order valence-electron chi connectivity index (χ0n) is 17.4. The summed E-state index contributed by atoms with van der Waals surface area (Å²) < 4.78 is 16.9. The number of fused-ring (bicyclic) bond motifs is 1. The number of hydrogen-bond donors (Lipinski definition) is 0. The maximum atomic E-state index is 13.0. The van der Waals surface area contributed by atoms with E-state index in [-0.39, 0.29) is 12.3 Å². The summed E-state index contributed by atoms with van der Waals surface area (Å²) in [6, 6.07) is 7.71. The molecule has 1 aliphatic rings. The van der Waals surface area contributed by atoms with E-state index < -0.39 is 6.10 Å². The number of ether oxygens (including phenoxy) is 1. The van der Waals surface area contributed by atoms with Crippen LogP contribution in [0.3, 0.4) is 0 Å². The Hall–Kier alpha value is -3.52. The van der Waals surface area contributed by atoms with E-state index in [1.54, 1.807) is 23.6 Å². The number of nitrogens with zero attached hydrogens (tertiary/aromatic N) is 4. The quantitative estimate of drug-likeness (QED) is 0.499. The number of pyridine rings is 1. The molecule has 3 aromatic heterocycles. The van der Waals surface area contributed by atoms with Gasteiger partial charge in [0.25, 0.3) is 5.89 Å². The zero-order valence-corrected chi connectivity index (χ0v) is 17.4. The highest BCUT2D eigenvalue weighted by molar-refractivity contribution is 5.88. The van der Waals surface area contributed by atoms with Crippen LogP contribution in [0, 0.1) is 13.8 Å². The predicted octanol–water partition coefficient (Wildman–Crippen LogP) is 3.64. The first-order valence-corrected chi connectivity index (χ1v) is 10.2. The molecule has 8 nitrogen and oxygen atoms in total. The molecule has 158 valence electrons. The summed E-state index contributed by atoms with van der Waals surface area (Å²) in [6.07, 6.45) is 4.84. The molecule has 31 heavy (non-hydrogen) atoms. The Morgan fingerprint density at radius 2 is 2.00 bits per heavy atom. The maximum Gasteiger partial charge on any atom is 0.257 e. The lowest BCUT2D eigenvalue weighted by Gasteiger charge is -2.31. The molecular formula is C23H22N4O4. The van der Waals surface area contributed by atoms with E-state index in [0.717, 1.165) is 22.1 Å². The largest absolute Gasteiger partial charge is 0.464 e. The maximum absolute atomic E-state index is 13.0. The van der Waals surface area contributed by atoms with Crippen molar-refractivity contribution in [3.63, 3.8) is 0 Å². The van der Waals surface area contributed by atoms with Gasteiger partial charge in [-0.2, -0.15) is 4.98 Å². The molecule has 8 heteroatoms. The third-order valence-corrected chi connectivity index (χ3v) is 5.69. The van der Waals surface area contributed by atoms with Gasteiger partial charge in [-0.15, -0.1) is 0 Å². The van der Waals surface area contributed by atoms with Gasteiger partial charge in [-0.3, -0.25) is 9.78 Å². The van der Waals surface area contributed by atoms with E-state index in [2.05, 4.69) is 28.1 Å². The standard InChI is InChI=1S/C23H22N4O4/c1-14-9-18-17(13-30-19(18)10-15(14)2)11-21(28)27-7-8-29-20(12-27)23-25-22(26-31-23)16-3-5-24-6-4-16/h3-6,9-10,13,20H,7-8,11-12H2,1-2H3/t20-/m0/s1. The van der Waals surface area contributed by atoms with Crippen LogP contribution < -0.4 is 0 Å². The van der Waals surface area contributed by atoms with Crippen LogP contribution in [0.5, 0.6) is 0 Å². The van der Waals surface area contributed by atoms with E-state index in [0.29, 0.717) is 31.4 Å². The normalized spacial score (nSPS) is 16.7. The zero-order chi connectivity index (χ0) is 21.4. The average Bonchev–Trinajstić information content (AvgIpc) is 3.43. The first-order valence-electron chi connectivity index (χ1n) is 10.2. The number of amides is 1. The molecule has 0 spiro atoms. The van der Waals surface area contributed by atoms with Gasteiger partial charge in [0, 0.05) is 35.5 Å². The van der Waals surface area contributed by atoms with Crippen molar-refractivity contribution in [1.82, 2.24) is 20.0 Å². The summed E-state index contributed by atoms with van der Waals surface area (Å²) in [7, 11) is 0. The Labute approximate surface area is 178 Å². The Bertz CT molecular complexity index is 1230. The van der Waals surface area contributed by atoms with E-state index in [1.807, 2.05) is 25.1 Å². The van der Waals surface area contributed by atoms with E-state index in [9.17, 15) is 4.79 Å². The minimum absolute atomic E-state index is 0.0168. The van der Waals surface area contributed by atoms with E-state index >= 15 is 0 Å². The smallest absolute Gasteiger partial charge is 0.257 e. The van der Waals surface area contributed by atoms with Crippen LogP contribution in [-0.2, 0) is 16.0 Å². The molecule has 5 rings (SSSR count). The number of aromatic nitrogens is 3. The van der Waals surface area contributed by atoms with Gasteiger partial charge in [0.1, 0.15) is 5.58 Å². The third-order valence-electron chi connectivity index (χ3n) is 5.69. The molecule has 1 amide bonds. The van der Waals surface area contributed by atoms with Gasteiger partial charge in [0.15, 0.2) is 6.10 Å². The minimum Gasteiger partial charge on any atom is -0.464 e. The lowest BCUT2D eigenvalue weighted by Crippen LogP contribution is -2.43. The summed E-state index contributed by atoms with van der Waals surface area (Å²) in [5.74, 6) is 0.854. The van der Waals surface area contributed by atoms with E-state index in [4.69, 9.17) is 13.7 Å². The highest BCUT2D eigenvalue weighted by Crippen LogP contribution is 2.27. The van der Waals surface area contributed by atoms with Crippen LogP contribution in [-0.4, -0.2) is 45.6 Å². The van der Waals surface area contributed by atoms with Gasteiger partial charge in [0.2, 0.25) is 11.7 Å². The average molecular weight is 418 g/mol. The Kier molecular flexibility index (Phi) is 4.99. The molecule has 1 aliphatic heterocycles. The molecule has 4 heterocycles. The summed E-state index contributed by atoms with van der Waals surface area (Å²) in [6.45, 7) is 5.41. The molecule has 0 saturated carbocycles. The Morgan fingerprint density at radius 1 is 1.19 bits per heavy atom. The first kappa shape index (κ1) is 19.4. The van der Waals surface area contributed by atoms with Gasteiger partial charge in [-0.05, 0) is 49.2 Å². The predicted molar refractivity (Wildman–Crippen MR) is 112 cm³/mol. The second kappa shape index (κ2) is 7.96. The lowest BCUT2D eigenvalue weighted by atomic mass is 10.0. The second-order valence-electron chi connectivity index (χ2n) is 7.76. The van der Waals surface area contributed by atoms with Crippen molar-refractivity contribution in [2.24, 2.45) is 0 Å². The molecule has 4 aromatic rings. The number of benzene rings is 1. The topological polar surface area (TPSA) is 94.5 Å². The summed E-state index contributed by atoms with van der Waals surface area (Å²) in [5, 5.41) is 5.02. The van der Waals surface area contributed by atoms with Crippen molar-refractivity contribution in [1.29, 1.82) is 0 Å². The number of morpholine rings is 1. The summed E-state index contributed by atoms with van der Waals surface area (Å²) in [4.78, 5) is 23.2. The molecule has 1 saturated heterocycles. The van der Waals surface area contributed by atoms with Crippen molar-refractivity contribution in [2.75, 3.05) is 19.7 Å². The second-order valence-corrected chi connectivity index (χ2v) is 7.76. The monoisotopic (exact) mass is 418 g/mol. The number of furan rings is 1. The Balaban J connectivity index is 1.30.